The molecule has 0 atom stereocenters. The van der Waals surface area contributed by atoms with Gasteiger partial charge >= 0.3 is 0 Å². The van der Waals surface area contributed by atoms with E-state index in [2.05, 4.69) is 11.1 Å². The fraction of sp³-hybridized carbons (Fsp3) is 0.366. The minimum Gasteiger partial charge on any atom is -0.512 e. The van der Waals surface area contributed by atoms with E-state index in [1.165, 1.54) is 29.5 Å². The van der Waals surface area contributed by atoms with E-state index in [-0.39, 0.29) is 54.0 Å². The number of pyridine rings is 1. The van der Waals surface area contributed by atoms with E-state index in [9.17, 15) is 18.7 Å². The van der Waals surface area contributed by atoms with Gasteiger partial charge in [0.2, 0.25) is 0 Å². The average Bonchev–Trinajstić information content (AvgIpc) is 3.51. The Labute approximate surface area is 301 Å². The van der Waals surface area contributed by atoms with Gasteiger partial charge in [0, 0.05) is 58.5 Å². The van der Waals surface area contributed by atoms with E-state index in [4.69, 9.17) is 0 Å². The predicted molar refractivity (Wildman–Crippen MR) is 194 cm³/mol. The minimum absolute atomic E-state index is 0. The topological polar surface area (TPSA) is 50.2 Å². The summed E-state index contributed by atoms with van der Waals surface area (Å²) in [7, 11) is 0. The van der Waals surface area contributed by atoms with Gasteiger partial charge in [-0.15, -0.1) is 41.0 Å². The SMILES string of the molecule is CC(C)c1cc(F)c(-c2cc3ccnc(-c4[c-]c5ccccc5cc4)c3s2)c(F)c1.CCC(C)(CC)C(=O)/C=C(\O)C(C)(CC)CC.[Ir]. The molecule has 48 heavy (non-hydrogen) atoms. The number of benzene rings is 3. The van der Waals surface area contributed by atoms with E-state index < -0.39 is 11.6 Å². The number of carbonyl (C=O) groups excluding carboxylic acids is 1. The van der Waals surface area contributed by atoms with Crippen LogP contribution in [0.1, 0.15) is 92.6 Å². The number of thiophene rings is 1. The van der Waals surface area contributed by atoms with Crippen molar-refractivity contribution >= 4 is 38.0 Å². The van der Waals surface area contributed by atoms with Gasteiger partial charge in [0.25, 0.3) is 0 Å². The molecule has 0 spiro atoms. The maximum atomic E-state index is 14.8. The van der Waals surface area contributed by atoms with Gasteiger partial charge in [0.1, 0.15) is 17.4 Å². The van der Waals surface area contributed by atoms with Gasteiger partial charge in [-0.1, -0.05) is 84.5 Å². The number of rotatable bonds is 10. The number of ketones is 1. The summed E-state index contributed by atoms with van der Waals surface area (Å²) in [6, 6.07) is 22.1. The number of aromatic nitrogens is 1. The first-order chi connectivity index (χ1) is 22.3. The Kier molecular flexibility index (Phi) is 13.4. The maximum Gasteiger partial charge on any atom is 0.164 e. The molecule has 257 valence electrons. The summed E-state index contributed by atoms with van der Waals surface area (Å²) in [5.74, 6) is -0.715. The molecule has 3 nitrogen and oxygen atoms in total. The molecule has 0 aliphatic rings. The maximum absolute atomic E-state index is 14.8. The minimum atomic E-state index is -0.531. The zero-order valence-corrected chi connectivity index (χ0v) is 32.3. The number of carbonyl (C=O) groups is 1. The van der Waals surface area contributed by atoms with Gasteiger partial charge in [-0.2, -0.15) is 0 Å². The van der Waals surface area contributed by atoms with Crippen molar-refractivity contribution in [2.45, 2.75) is 87.0 Å². The normalized spacial score (nSPS) is 12.2. The first-order valence-electron chi connectivity index (χ1n) is 16.6. The molecular formula is C41H46F2IrNO2S-. The molecule has 0 amide bonds. The fourth-order valence-electron chi connectivity index (χ4n) is 5.38. The van der Waals surface area contributed by atoms with E-state index >= 15 is 0 Å². The monoisotopic (exact) mass is 847 g/mol. The molecule has 0 saturated carbocycles. The molecule has 1 radical (unpaired) electrons. The second kappa shape index (κ2) is 16.4. The van der Waals surface area contributed by atoms with Crippen LogP contribution in [0.25, 0.3) is 42.6 Å². The fourth-order valence-corrected chi connectivity index (χ4v) is 6.59. The van der Waals surface area contributed by atoms with Crippen LogP contribution < -0.4 is 0 Å². The standard InChI is InChI=1S/C26H18F2NS.C15H28O2.Ir/c1-15(2)20-12-21(27)24(22(28)13-20)23-14-19-9-10-29-25(26(19)30-23)18-8-7-16-5-3-4-6-17(16)11-18;1-7-14(5,8-2)12(16)11-13(17)15(6,9-3)10-4;/h3-10,12-15H,1-2H3;11,16H,7-10H2,1-6H3;/q-1;;/b;12-11-;. The Morgan fingerprint density at radius 3 is 2.08 bits per heavy atom. The van der Waals surface area contributed by atoms with Crippen molar-refractivity contribution in [3.63, 3.8) is 0 Å². The molecule has 5 rings (SSSR count). The van der Waals surface area contributed by atoms with Crippen molar-refractivity contribution in [1.82, 2.24) is 4.98 Å². The van der Waals surface area contributed by atoms with Crippen LogP contribution in [0.15, 0.2) is 78.7 Å². The molecule has 0 fully saturated rings. The molecule has 5 aromatic rings. The molecule has 7 heteroatoms. The Bertz CT molecular complexity index is 1880. The first kappa shape index (κ1) is 39.2. The number of fused-ring (bicyclic) bond motifs is 2. The van der Waals surface area contributed by atoms with E-state index in [1.54, 1.807) is 6.20 Å². The van der Waals surface area contributed by atoms with Crippen LogP contribution in [0.5, 0.6) is 0 Å². The van der Waals surface area contributed by atoms with Crippen LogP contribution in [0.2, 0.25) is 0 Å². The largest absolute Gasteiger partial charge is 0.512 e. The van der Waals surface area contributed by atoms with Gasteiger partial charge in [-0.25, -0.2) is 8.78 Å². The third-order valence-corrected chi connectivity index (χ3v) is 11.1. The average molecular weight is 847 g/mol. The number of halogens is 2. The van der Waals surface area contributed by atoms with E-state index in [0.717, 1.165) is 57.8 Å². The Balaban J connectivity index is 0.000000301. The van der Waals surface area contributed by atoms with Crippen molar-refractivity contribution in [3.05, 3.63) is 102 Å². The van der Waals surface area contributed by atoms with Crippen molar-refractivity contribution in [2.75, 3.05) is 0 Å². The molecule has 0 bridgehead atoms. The molecule has 1 N–H and O–H groups in total. The third kappa shape index (κ3) is 8.30. The Morgan fingerprint density at radius 2 is 1.50 bits per heavy atom. The van der Waals surface area contributed by atoms with Crippen LogP contribution >= 0.6 is 11.3 Å². The second-order valence-electron chi connectivity index (χ2n) is 13.1. The zero-order valence-electron chi connectivity index (χ0n) is 29.1. The summed E-state index contributed by atoms with van der Waals surface area (Å²) < 4.78 is 30.6. The third-order valence-electron chi connectivity index (χ3n) is 9.93. The number of aliphatic hydroxyl groups excluding tert-OH is 1. The second-order valence-corrected chi connectivity index (χ2v) is 14.1. The van der Waals surface area contributed by atoms with Crippen LogP contribution in [-0.4, -0.2) is 15.9 Å². The molecule has 2 heterocycles. The molecule has 0 saturated heterocycles. The number of hydrogen-bond donors (Lipinski definition) is 1. The molecule has 3 aromatic carbocycles. The number of aliphatic hydroxyl groups is 1. The number of hydrogen-bond acceptors (Lipinski definition) is 4. The van der Waals surface area contributed by atoms with Crippen molar-refractivity contribution in [1.29, 1.82) is 0 Å². The van der Waals surface area contributed by atoms with Gasteiger partial charge in [-0.05, 0) is 66.8 Å². The molecular weight excluding hydrogens is 801 g/mol. The van der Waals surface area contributed by atoms with Crippen LogP contribution in [0.3, 0.4) is 0 Å². The number of allylic oxidation sites excluding steroid dienone is 2. The smallest absolute Gasteiger partial charge is 0.164 e. The summed E-state index contributed by atoms with van der Waals surface area (Å²) >= 11 is 1.36. The number of nitrogens with zero attached hydrogens (tertiary/aromatic N) is 1. The summed E-state index contributed by atoms with van der Waals surface area (Å²) in [6.45, 7) is 15.9. The molecule has 0 unspecified atom stereocenters. The van der Waals surface area contributed by atoms with Crippen molar-refractivity contribution < 1.29 is 38.8 Å². The summed E-state index contributed by atoms with van der Waals surface area (Å²) in [6.07, 6.45) is 6.48. The summed E-state index contributed by atoms with van der Waals surface area (Å²) in [5.41, 5.74) is 1.71. The summed E-state index contributed by atoms with van der Waals surface area (Å²) in [4.78, 5) is 17.3. The van der Waals surface area contributed by atoms with E-state index in [1.807, 2.05) is 104 Å². The van der Waals surface area contributed by atoms with Crippen LogP contribution in [-0.2, 0) is 24.9 Å². The molecule has 0 aliphatic heterocycles. The summed E-state index contributed by atoms with van der Waals surface area (Å²) in [5, 5.41) is 13.2. The van der Waals surface area contributed by atoms with Crippen molar-refractivity contribution in [2.24, 2.45) is 10.8 Å². The van der Waals surface area contributed by atoms with Gasteiger partial charge in [0.15, 0.2) is 5.78 Å². The van der Waals surface area contributed by atoms with E-state index in [0.29, 0.717) is 10.4 Å². The predicted octanol–water partition coefficient (Wildman–Crippen LogP) is 12.6. The van der Waals surface area contributed by atoms with Crippen molar-refractivity contribution in [3.8, 4) is 21.7 Å². The Hall–Kier alpha value is -3.25. The van der Waals surface area contributed by atoms with Gasteiger partial charge in [0.05, 0.1) is 5.56 Å². The van der Waals surface area contributed by atoms with Crippen LogP contribution in [0, 0.1) is 28.5 Å². The quantitative estimate of drug-likeness (QED) is 0.0865. The zero-order chi connectivity index (χ0) is 34.5. The first-order valence-corrected chi connectivity index (χ1v) is 17.4. The molecule has 0 aliphatic carbocycles. The Morgan fingerprint density at radius 1 is 0.896 bits per heavy atom. The van der Waals surface area contributed by atoms with Gasteiger partial charge < -0.3 is 5.11 Å². The van der Waals surface area contributed by atoms with Crippen LogP contribution in [0.4, 0.5) is 8.78 Å². The molecule has 2 aromatic heterocycles. The van der Waals surface area contributed by atoms with Gasteiger partial charge in [-0.3, -0.25) is 9.78 Å².